The molecule has 0 aromatic heterocycles. The summed E-state index contributed by atoms with van der Waals surface area (Å²) in [5.41, 5.74) is 0. The summed E-state index contributed by atoms with van der Waals surface area (Å²) in [5.74, 6) is 0. The largest absolute Gasteiger partial charge is 0.316 e. The molecule has 1 aliphatic heterocycles. The minimum atomic E-state index is 1.12. The van der Waals surface area contributed by atoms with Gasteiger partial charge < -0.3 is 5.32 Å². The third-order valence-electron chi connectivity index (χ3n) is 1.36. The van der Waals surface area contributed by atoms with Crippen LogP contribution >= 0.6 is 0 Å². The van der Waals surface area contributed by atoms with Gasteiger partial charge in [0.05, 0.1) is 0 Å². The van der Waals surface area contributed by atoms with Crippen molar-refractivity contribution in [2.75, 3.05) is 13.1 Å². The molecule has 1 heterocycles. The van der Waals surface area contributed by atoms with Gasteiger partial charge in [-0.05, 0) is 25.9 Å². The van der Waals surface area contributed by atoms with Gasteiger partial charge >= 0.3 is 0 Å². The van der Waals surface area contributed by atoms with E-state index in [2.05, 4.69) is 29.6 Å². The number of allylic oxidation sites excluding steroid dienone is 2. The predicted octanol–water partition coefficient (Wildman–Crippen LogP) is 1.48. The van der Waals surface area contributed by atoms with Gasteiger partial charge in [-0.1, -0.05) is 24.3 Å². The van der Waals surface area contributed by atoms with Gasteiger partial charge in [-0.3, -0.25) is 0 Å². The summed E-state index contributed by atoms with van der Waals surface area (Å²) >= 11 is 0. The van der Waals surface area contributed by atoms with Crippen LogP contribution in [0.1, 0.15) is 12.8 Å². The number of nitrogens with one attached hydrogen (secondary N) is 1. The summed E-state index contributed by atoms with van der Waals surface area (Å²) in [4.78, 5) is 0. The van der Waals surface area contributed by atoms with E-state index in [0.29, 0.717) is 0 Å². The average molecular weight is 123 g/mol. The molecule has 1 aliphatic rings. The van der Waals surface area contributed by atoms with Crippen LogP contribution < -0.4 is 5.32 Å². The van der Waals surface area contributed by atoms with Crippen LogP contribution in [0.15, 0.2) is 24.3 Å². The van der Waals surface area contributed by atoms with Crippen molar-refractivity contribution in [2.24, 2.45) is 0 Å². The SMILES string of the molecule is C1=C\CCNCC\C=C/1. The number of hydrogen-bond donors (Lipinski definition) is 1. The first-order chi connectivity index (χ1) is 4.50. The van der Waals surface area contributed by atoms with Crippen molar-refractivity contribution < 1.29 is 0 Å². The predicted molar refractivity (Wildman–Crippen MR) is 40.4 cm³/mol. The Morgan fingerprint density at radius 2 is 1.44 bits per heavy atom. The Labute approximate surface area is 56.5 Å². The molecule has 0 fully saturated rings. The third-order valence-corrected chi connectivity index (χ3v) is 1.36. The topological polar surface area (TPSA) is 12.0 Å². The Balaban J connectivity index is 2.28. The van der Waals surface area contributed by atoms with Crippen LogP contribution in [0.2, 0.25) is 0 Å². The van der Waals surface area contributed by atoms with Gasteiger partial charge in [0.1, 0.15) is 0 Å². The van der Waals surface area contributed by atoms with Crippen LogP contribution in [-0.4, -0.2) is 13.1 Å². The zero-order valence-electron chi connectivity index (χ0n) is 5.64. The lowest BCUT2D eigenvalue weighted by Gasteiger charge is -1.96. The van der Waals surface area contributed by atoms with Gasteiger partial charge in [-0.15, -0.1) is 0 Å². The molecule has 50 valence electrons. The Bertz CT molecular complexity index is 99.7. The van der Waals surface area contributed by atoms with Crippen molar-refractivity contribution >= 4 is 0 Å². The first kappa shape index (κ1) is 6.56. The number of hydrogen-bond acceptors (Lipinski definition) is 1. The Hall–Kier alpha value is -0.560. The average Bonchev–Trinajstić information content (AvgIpc) is 2.00. The van der Waals surface area contributed by atoms with Gasteiger partial charge in [0.25, 0.3) is 0 Å². The van der Waals surface area contributed by atoms with Gasteiger partial charge in [0.2, 0.25) is 0 Å². The summed E-state index contributed by atoms with van der Waals surface area (Å²) in [5, 5.41) is 3.32. The highest BCUT2D eigenvalue weighted by Gasteiger charge is 1.83. The Morgan fingerprint density at radius 1 is 0.889 bits per heavy atom. The minimum absolute atomic E-state index is 1.12. The highest BCUT2D eigenvalue weighted by molar-refractivity contribution is 5.03. The second-order valence-corrected chi connectivity index (χ2v) is 2.18. The smallest absolute Gasteiger partial charge is 0.00140 e. The summed E-state index contributed by atoms with van der Waals surface area (Å²) in [7, 11) is 0. The van der Waals surface area contributed by atoms with Crippen molar-refractivity contribution in [2.45, 2.75) is 12.8 Å². The van der Waals surface area contributed by atoms with Crippen LogP contribution in [0.3, 0.4) is 0 Å². The molecule has 0 amide bonds. The zero-order valence-corrected chi connectivity index (χ0v) is 5.64. The highest BCUT2D eigenvalue weighted by Crippen LogP contribution is 1.88. The molecule has 0 aromatic carbocycles. The molecule has 0 saturated heterocycles. The second kappa shape index (κ2) is 4.33. The first-order valence-corrected chi connectivity index (χ1v) is 3.52. The fourth-order valence-corrected chi connectivity index (χ4v) is 0.845. The van der Waals surface area contributed by atoms with Crippen LogP contribution in [0.4, 0.5) is 0 Å². The van der Waals surface area contributed by atoms with E-state index < -0.39 is 0 Å². The van der Waals surface area contributed by atoms with Crippen LogP contribution in [0.25, 0.3) is 0 Å². The lowest BCUT2D eigenvalue weighted by Crippen LogP contribution is -2.14. The Kier molecular flexibility index (Phi) is 3.16. The maximum atomic E-state index is 3.32. The van der Waals surface area contributed by atoms with E-state index in [1.807, 2.05) is 0 Å². The molecule has 0 spiro atoms. The molecule has 1 nitrogen and oxygen atoms in total. The van der Waals surface area contributed by atoms with Crippen molar-refractivity contribution in [3.63, 3.8) is 0 Å². The molecule has 0 aromatic rings. The summed E-state index contributed by atoms with van der Waals surface area (Å²) in [6.07, 6.45) is 10.9. The molecule has 9 heavy (non-hydrogen) atoms. The standard InChI is InChI=1S/C8H13N/c1-2-4-6-8-9-7-5-3-1/h1-4,9H,5-8H2/b3-1-,4-2-. The molecular weight excluding hydrogens is 110 g/mol. The first-order valence-electron chi connectivity index (χ1n) is 3.52. The van der Waals surface area contributed by atoms with Crippen LogP contribution in [0.5, 0.6) is 0 Å². The van der Waals surface area contributed by atoms with Gasteiger partial charge in [0, 0.05) is 0 Å². The van der Waals surface area contributed by atoms with Crippen molar-refractivity contribution in [1.82, 2.24) is 5.32 Å². The quantitative estimate of drug-likeness (QED) is 0.514. The lowest BCUT2D eigenvalue weighted by molar-refractivity contribution is 0.699. The molecule has 1 rings (SSSR count). The van der Waals surface area contributed by atoms with Gasteiger partial charge in [0.15, 0.2) is 0 Å². The van der Waals surface area contributed by atoms with E-state index in [1.54, 1.807) is 0 Å². The van der Waals surface area contributed by atoms with Crippen LogP contribution in [0, 0.1) is 0 Å². The van der Waals surface area contributed by atoms with E-state index in [-0.39, 0.29) is 0 Å². The maximum Gasteiger partial charge on any atom is -0.00140 e. The Morgan fingerprint density at radius 3 is 2.00 bits per heavy atom. The molecule has 0 radical (unpaired) electrons. The van der Waals surface area contributed by atoms with E-state index in [0.717, 1.165) is 25.9 Å². The van der Waals surface area contributed by atoms with E-state index in [1.165, 1.54) is 0 Å². The third kappa shape index (κ3) is 3.09. The fourth-order valence-electron chi connectivity index (χ4n) is 0.845. The molecule has 0 unspecified atom stereocenters. The second-order valence-electron chi connectivity index (χ2n) is 2.18. The van der Waals surface area contributed by atoms with E-state index >= 15 is 0 Å². The molecule has 0 bridgehead atoms. The minimum Gasteiger partial charge on any atom is -0.316 e. The van der Waals surface area contributed by atoms with Crippen molar-refractivity contribution in [1.29, 1.82) is 0 Å². The van der Waals surface area contributed by atoms with E-state index in [9.17, 15) is 0 Å². The van der Waals surface area contributed by atoms with E-state index in [4.69, 9.17) is 0 Å². The van der Waals surface area contributed by atoms with Gasteiger partial charge in [-0.25, -0.2) is 0 Å². The molecule has 1 N–H and O–H groups in total. The highest BCUT2D eigenvalue weighted by atomic mass is 14.8. The summed E-state index contributed by atoms with van der Waals surface area (Å²) < 4.78 is 0. The molecular formula is C8H13N. The molecule has 0 aliphatic carbocycles. The van der Waals surface area contributed by atoms with Crippen molar-refractivity contribution in [3.05, 3.63) is 24.3 Å². The van der Waals surface area contributed by atoms with Crippen molar-refractivity contribution in [3.8, 4) is 0 Å². The molecule has 1 heteroatoms. The van der Waals surface area contributed by atoms with Crippen LogP contribution in [-0.2, 0) is 0 Å². The number of rotatable bonds is 0. The summed E-state index contributed by atoms with van der Waals surface area (Å²) in [6.45, 7) is 2.25. The zero-order chi connectivity index (χ0) is 6.36. The lowest BCUT2D eigenvalue weighted by atomic mass is 10.3. The normalized spacial score (nSPS) is 27.6. The monoisotopic (exact) mass is 123 g/mol. The van der Waals surface area contributed by atoms with Gasteiger partial charge in [-0.2, -0.15) is 0 Å². The maximum absolute atomic E-state index is 3.32. The molecule has 0 atom stereocenters. The molecule has 0 saturated carbocycles. The summed E-state index contributed by atoms with van der Waals surface area (Å²) in [6, 6.07) is 0. The fraction of sp³-hybridized carbons (Fsp3) is 0.500.